The van der Waals surface area contributed by atoms with E-state index in [-0.39, 0.29) is 18.1 Å². The highest BCUT2D eigenvalue weighted by Crippen LogP contribution is 2.30. The molecule has 1 saturated heterocycles. The highest BCUT2D eigenvalue weighted by atomic mass is 16.6. The van der Waals surface area contributed by atoms with E-state index in [0.717, 1.165) is 32.4 Å². The molecular weight excluding hydrogens is 380 g/mol. The van der Waals surface area contributed by atoms with Crippen molar-refractivity contribution in [3.63, 3.8) is 0 Å². The lowest BCUT2D eigenvalue weighted by Crippen LogP contribution is -2.41. The highest BCUT2D eigenvalue weighted by molar-refractivity contribution is 5.99. The van der Waals surface area contributed by atoms with E-state index in [2.05, 4.69) is 34.6 Å². The predicted octanol–water partition coefficient (Wildman–Crippen LogP) is 4.04. The second-order valence-electron chi connectivity index (χ2n) is 7.68. The van der Waals surface area contributed by atoms with Crippen molar-refractivity contribution in [1.29, 1.82) is 0 Å². The Morgan fingerprint density at radius 2 is 1.87 bits per heavy atom. The van der Waals surface area contributed by atoms with Gasteiger partial charge in [-0.1, -0.05) is 30.3 Å². The van der Waals surface area contributed by atoms with Gasteiger partial charge in [0.2, 0.25) is 5.91 Å². The molecule has 0 atom stereocenters. The standard InChI is InChI=1S/C23H24N4O3/c28-23(26-12-9-18(10-13-26)14-17-4-2-1-3-5-17)16-25-21-6-7-22(27(29)30)20-15-24-11-8-19(20)21/h1-8,11,15,18,25H,9-10,12-14,16H2. The lowest BCUT2D eigenvalue weighted by atomic mass is 9.90. The monoisotopic (exact) mass is 404 g/mol. The molecule has 1 fully saturated rings. The van der Waals surface area contributed by atoms with Crippen LogP contribution in [0.5, 0.6) is 0 Å². The van der Waals surface area contributed by atoms with Gasteiger partial charge >= 0.3 is 0 Å². The fraction of sp³-hybridized carbons (Fsp3) is 0.304. The maximum Gasteiger partial charge on any atom is 0.278 e. The van der Waals surface area contributed by atoms with Gasteiger partial charge in [0.25, 0.3) is 5.69 Å². The summed E-state index contributed by atoms with van der Waals surface area (Å²) in [5.74, 6) is 0.657. The maximum atomic E-state index is 12.7. The molecule has 4 rings (SSSR count). The number of anilines is 1. The number of carbonyl (C=O) groups is 1. The summed E-state index contributed by atoms with van der Waals surface area (Å²) < 4.78 is 0. The molecule has 7 nitrogen and oxygen atoms in total. The molecule has 2 aromatic carbocycles. The van der Waals surface area contributed by atoms with Crippen LogP contribution in [0.1, 0.15) is 18.4 Å². The van der Waals surface area contributed by atoms with Gasteiger partial charge in [-0.2, -0.15) is 0 Å². The summed E-state index contributed by atoms with van der Waals surface area (Å²) in [6, 6.07) is 15.3. The van der Waals surface area contributed by atoms with Gasteiger partial charge in [0, 0.05) is 42.6 Å². The van der Waals surface area contributed by atoms with Gasteiger partial charge in [0.05, 0.1) is 16.9 Å². The van der Waals surface area contributed by atoms with Crippen molar-refractivity contribution in [3.8, 4) is 0 Å². The molecule has 7 heteroatoms. The largest absolute Gasteiger partial charge is 0.376 e. The normalized spacial score (nSPS) is 14.6. The molecule has 3 aromatic rings. The molecule has 1 aliphatic rings. The Labute approximate surface area is 174 Å². The summed E-state index contributed by atoms with van der Waals surface area (Å²) in [5, 5.41) is 15.5. The van der Waals surface area contributed by atoms with Gasteiger partial charge in [0.15, 0.2) is 0 Å². The molecule has 0 radical (unpaired) electrons. The van der Waals surface area contributed by atoms with Crippen molar-refractivity contribution < 1.29 is 9.72 Å². The van der Waals surface area contributed by atoms with Gasteiger partial charge in [-0.05, 0) is 42.9 Å². The van der Waals surface area contributed by atoms with Gasteiger partial charge in [0.1, 0.15) is 0 Å². The number of piperidine rings is 1. The minimum atomic E-state index is -0.418. The van der Waals surface area contributed by atoms with Gasteiger partial charge in [-0.3, -0.25) is 19.9 Å². The summed E-state index contributed by atoms with van der Waals surface area (Å²) in [4.78, 5) is 29.4. The molecule has 1 aromatic heterocycles. The predicted molar refractivity (Wildman–Crippen MR) is 116 cm³/mol. The van der Waals surface area contributed by atoms with Gasteiger partial charge < -0.3 is 10.2 Å². The van der Waals surface area contributed by atoms with E-state index < -0.39 is 4.92 Å². The van der Waals surface area contributed by atoms with Crippen LogP contribution in [0.4, 0.5) is 11.4 Å². The first kappa shape index (κ1) is 19.8. The number of fused-ring (bicyclic) bond motifs is 1. The lowest BCUT2D eigenvalue weighted by Gasteiger charge is -2.32. The molecule has 1 amide bonds. The zero-order valence-corrected chi connectivity index (χ0v) is 16.7. The van der Waals surface area contributed by atoms with Crippen molar-refractivity contribution in [2.24, 2.45) is 5.92 Å². The molecule has 154 valence electrons. The number of carbonyl (C=O) groups excluding carboxylic acids is 1. The van der Waals surface area contributed by atoms with E-state index >= 15 is 0 Å². The molecule has 1 N–H and O–H groups in total. The summed E-state index contributed by atoms with van der Waals surface area (Å²) in [5.41, 5.74) is 2.06. The Hall–Kier alpha value is -3.48. The van der Waals surface area contributed by atoms with Crippen LogP contribution in [-0.2, 0) is 11.2 Å². The second kappa shape index (κ2) is 8.90. The number of nitro benzene ring substituents is 1. The molecule has 1 aliphatic heterocycles. The van der Waals surface area contributed by atoms with E-state index in [1.807, 2.05) is 11.0 Å². The first-order chi connectivity index (χ1) is 14.6. The number of non-ortho nitro benzene ring substituents is 1. The molecule has 0 spiro atoms. The lowest BCUT2D eigenvalue weighted by molar-refractivity contribution is -0.383. The second-order valence-corrected chi connectivity index (χ2v) is 7.68. The topological polar surface area (TPSA) is 88.4 Å². The number of benzene rings is 2. The van der Waals surface area contributed by atoms with Crippen LogP contribution >= 0.6 is 0 Å². The van der Waals surface area contributed by atoms with Gasteiger partial charge in [-0.15, -0.1) is 0 Å². The van der Waals surface area contributed by atoms with E-state index in [0.29, 0.717) is 22.4 Å². The van der Waals surface area contributed by atoms with Crippen LogP contribution < -0.4 is 5.32 Å². The first-order valence-electron chi connectivity index (χ1n) is 10.2. The van der Waals surface area contributed by atoms with Crippen LogP contribution in [0.15, 0.2) is 60.9 Å². The minimum Gasteiger partial charge on any atom is -0.376 e. The van der Waals surface area contributed by atoms with Gasteiger partial charge in [-0.25, -0.2) is 0 Å². The third-order valence-electron chi connectivity index (χ3n) is 5.76. The quantitative estimate of drug-likeness (QED) is 0.495. The SMILES string of the molecule is O=C(CNc1ccc([N+](=O)[O-])c2cnccc12)N1CCC(Cc2ccccc2)CC1. The Morgan fingerprint density at radius 1 is 1.10 bits per heavy atom. The number of hydrogen-bond acceptors (Lipinski definition) is 5. The Kier molecular flexibility index (Phi) is 5.88. The Bertz CT molecular complexity index is 1050. The van der Waals surface area contributed by atoms with Crippen LogP contribution in [0.25, 0.3) is 10.8 Å². The summed E-state index contributed by atoms with van der Waals surface area (Å²) in [6.07, 6.45) is 6.15. The Balaban J connectivity index is 1.34. The number of nitrogens with one attached hydrogen (secondary N) is 1. The number of pyridine rings is 1. The Morgan fingerprint density at radius 3 is 2.60 bits per heavy atom. The van der Waals surface area contributed by atoms with E-state index in [1.54, 1.807) is 18.3 Å². The number of likely N-dealkylation sites (tertiary alicyclic amines) is 1. The first-order valence-corrected chi connectivity index (χ1v) is 10.2. The summed E-state index contributed by atoms with van der Waals surface area (Å²) >= 11 is 0. The maximum absolute atomic E-state index is 12.7. The molecule has 0 bridgehead atoms. The number of hydrogen-bond donors (Lipinski definition) is 1. The zero-order chi connectivity index (χ0) is 20.9. The van der Waals surface area contributed by atoms with E-state index in [9.17, 15) is 14.9 Å². The summed E-state index contributed by atoms with van der Waals surface area (Å²) in [7, 11) is 0. The number of amides is 1. The fourth-order valence-electron chi connectivity index (χ4n) is 4.11. The number of aromatic nitrogens is 1. The van der Waals surface area contributed by atoms with Crippen molar-refractivity contribution in [3.05, 3.63) is 76.6 Å². The smallest absolute Gasteiger partial charge is 0.278 e. The average molecular weight is 404 g/mol. The molecule has 2 heterocycles. The van der Waals surface area contributed by atoms with Crippen molar-refractivity contribution in [1.82, 2.24) is 9.88 Å². The van der Waals surface area contributed by atoms with Crippen LogP contribution in [0.2, 0.25) is 0 Å². The molecular formula is C23H24N4O3. The molecule has 30 heavy (non-hydrogen) atoms. The zero-order valence-electron chi connectivity index (χ0n) is 16.7. The van der Waals surface area contributed by atoms with Crippen molar-refractivity contribution >= 4 is 28.1 Å². The fourth-order valence-corrected chi connectivity index (χ4v) is 4.11. The number of nitrogens with zero attached hydrogens (tertiary/aromatic N) is 3. The number of rotatable bonds is 6. The highest BCUT2D eigenvalue weighted by Gasteiger charge is 2.23. The van der Waals surface area contributed by atoms with Crippen LogP contribution in [0.3, 0.4) is 0 Å². The third-order valence-corrected chi connectivity index (χ3v) is 5.76. The average Bonchev–Trinajstić information content (AvgIpc) is 2.78. The third kappa shape index (κ3) is 4.40. The van der Waals surface area contributed by atoms with Crippen molar-refractivity contribution in [2.75, 3.05) is 25.0 Å². The van der Waals surface area contributed by atoms with Crippen LogP contribution in [0, 0.1) is 16.0 Å². The van der Waals surface area contributed by atoms with E-state index in [1.165, 1.54) is 17.8 Å². The van der Waals surface area contributed by atoms with Crippen molar-refractivity contribution in [2.45, 2.75) is 19.3 Å². The molecule has 0 aliphatic carbocycles. The van der Waals surface area contributed by atoms with E-state index in [4.69, 9.17) is 0 Å². The number of nitro groups is 1. The molecule has 0 unspecified atom stereocenters. The van der Waals surface area contributed by atoms with Crippen LogP contribution in [-0.4, -0.2) is 40.3 Å². The molecule has 0 saturated carbocycles. The minimum absolute atomic E-state index is 0.00969. The summed E-state index contributed by atoms with van der Waals surface area (Å²) in [6.45, 7) is 1.70.